The van der Waals surface area contributed by atoms with Gasteiger partial charge in [-0.2, -0.15) is 0 Å². The van der Waals surface area contributed by atoms with Crippen LogP contribution in [0.25, 0.3) is 10.6 Å². The summed E-state index contributed by atoms with van der Waals surface area (Å²) in [7, 11) is 4.00. The van der Waals surface area contributed by atoms with E-state index in [1.54, 1.807) is 23.5 Å². The van der Waals surface area contributed by atoms with Gasteiger partial charge in [-0.15, -0.1) is 22.7 Å². The second-order valence-corrected chi connectivity index (χ2v) is 8.12. The number of hydrogen-bond acceptors (Lipinski definition) is 5. The molecule has 0 aliphatic rings. The molecular weight excluding hydrogens is 369 g/mol. The monoisotopic (exact) mass is 389 g/mol. The average Bonchev–Trinajstić information content (AvgIpc) is 3.25. The molecule has 2 aromatic heterocycles. The van der Waals surface area contributed by atoms with Crippen molar-refractivity contribution in [2.75, 3.05) is 20.6 Å². The molecule has 0 aliphatic heterocycles. The Morgan fingerprint density at radius 2 is 2.00 bits per heavy atom. The second-order valence-electron chi connectivity index (χ2n) is 6.15. The minimum absolute atomic E-state index is 0.128. The number of likely N-dealkylation sites (N-methyl/N-ethyl adjacent to an activating group) is 1. The third-order valence-corrected chi connectivity index (χ3v) is 6.22. The predicted molar refractivity (Wildman–Crippen MR) is 105 cm³/mol. The van der Waals surface area contributed by atoms with Crippen molar-refractivity contribution in [1.29, 1.82) is 0 Å². The number of aryl methyl sites for hydroxylation is 1. The topological polar surface area (TPSA) is 45.2 Å². The molecule has 0 saturated carbocycles. The molecule has 26 heavy (non-hydrogen) atoms. The highest BCUT2D eigenvalue weighted by Crippen LogP contribution is 2.28. The highest BCUT2D eigenvalue weighted by Gasteiger charge is 2.20. The van der Waals surface area contributed by atoms with Crippen molar-refractivity contribution in [3.8, 4) is 10.6 Å². The van der Waals surface area contributed by atoms with Gasteiger partial charge in [-0.05, 0) is 56.7 Å². The van der Waals surface area contributed by atoms with Crippen LogP contribution >= 0.6 is 22.7 Å². The Morgan fingerprint density at radius 1 is 1.27 bits per heavy atom. The van der Waals surface area contributed by atoms with Crippen molar-refractivity contribution >= 4 is 28.6 Å². The van der Waals surface area contributed by atoms with Gasteiger partial charge in [-0.25, -0.2) is 9.37 Å². The summed E-state index contributed by atoms with van der Waals surface area (Å²) in [5, 5.41) is 5.78. The van der Waals surface area contributed by atoms with Crippen molar-refractivity contribution in [3.63, 3.8) is 0 Å². The van der Waals surface area contributed by atoms with Crippen LogP contribution in [0, 0.1) is 12.7 Å². The zero-order valence-corrected chi connectivity index (χ0v) is 16.5. The van der Waals surface area contributed by atoms with Crippen LogP contribution in [0.3, 0.4) is 0 Å². The SMILES string of the molecule is Cc1nc(-c2ccc(F)cc2)sc1C(=O)NCC(c1cccs1)N(C)C. The first-order chi connectivity index (χ1) is 12.5. The molecule has 1 amide bonds. The first kappa shape index (κ1) is 18.7. The predicted octanol–water partition coefficient (Wildman–Crippen LogP) is 4.35. The van der Waals surface area contributed by atoms with Crippen molar-refractivity contribution < 1.29 is 9.18 Å². The molecule has 0 radical (unpaired) electrons. The number of hydrogen-bond donors (Lipinski definition) is 1. The van der Waals surface area contributed by atoms with Crippen molar-refractivity contribution in [2.24, 2.45) is 0 Å². The van der Waals surface area contributed by atoms with Crippen molar-refractivity contribution in [2.45, 2.75) is 13.0 Å². The van der Waals surface area contributed by atoms with Crippen LogP contribution in [-0.2, 0) is 0 Å². The summed E-state index contributed by atoms with van der Waals surface area (Å²) in [6.07, 6.45) is 0. The number of nitrogens with zero attached hydrogens (tertiary/aromatic N) is 2. The zero-order chi connectivity index (χ0) is 18.7. The summed E-state index contributed by atoms with van der Waals surface area (Å²) in [5.41, 5.74) is 1.49. The molecule has 0 bridgehead atoms. The van der Waals surface area contributed by atoms with E-state index >= 15 is 0 Å². The van der Waals surface area contributed by atoms with Crippen molar-refractivity contribution in [1.82, 2.24) is 15.2 Å². The molecule has 1 unspecified atom stereocenters. The Balaban J connectivity index is 1.73. The second kappa shape index (κ2) is 8.07. The van der Waals surface area contributed by atoms with Crippen LogP contribution in [0.2, 0.25) is 0 Å². The van der Waals surface area contributed by atoms with Gasteiger partial charge in [0.05, 0.1) is 11.7 Å². The van der Waals surface area contributed by atoms with Crippen molar-refractivity contribution in [3.05, 3.63) is 63.0 Å². The molecule has 1 aromatic carbocycles. The Bertz CT molecular complexity index is 873. The van der Waals surface area contributed by atoms with E-state index < -0.39 is 0 Å². The zero-order valence-electron chi connectivity index (χ0n) is 14.8. The van der Waals surface area contributed by atoms with E-state index in [0.29, 0.717) is 17.1 Å². The molecule has 1 atom stereocenters. The van der Waals surface area contributed by atoms with Gasteiger partial charge in [-0.1, -0.05) is 6.07 Å². The van der Waals surface area contributed by atoms with Gasteiger partial charge in [0.25, 0.3) is 5.91 Å². The first-order valence-corrected chi connectivity index (χ1v) is 9.86. The van der Waals surface area contributed by atoms with Crippen LogP contribution in [0.4, 0.5) is 4.39 Å². The number of halogens is 1. The van der Waals surface area contributed by atoms with Crippen LogP contribution < -0.4 is 5.32 Å². The fourth-order valence-electron chi connectivity index (χ4n) is 2.61. The Morgan fingerprint density at radius 3 is 2.62 bits per heavy atom. The first-order valence-electron chi connectivity index (χ1n) is 8.17. The maximum atomic E-state index is 13.1. The maximum absolute atomic E-state index is 13.1. The van der Waals surface area contributed by atoms with Gasteiger partial charge in [0.2, 0.25) is 0 Å². The summed E-state index contributed by atoms with van der Waals surface area (Å²) < 4.78 is 13.1. The standard InChI is InChI=1S/C19H20FN3OS2/c1-12-17(26-19(22-12)13-6-8-14(20)9-7-13)18(24)21-11-15(23(2)3)16-5-4-10-25-16/h4-10,15H,11H2,1-3H3,(H,21,24). The van der Waals surface area contributed by atoms with Gasteiger partial charge >= 0.3 is 0 Å². The molecule has 0 fully saturated rings. The molecule has 7 heteroatoms. The summed E-state index contributed by atoms with van der Waals surface area (Å²) in [6, 6.07) is 10.4. The molecule has 2 heterocycles. The highest BCUT2D eigenvalue weighted by atomic mass is 32.1. The molecule has 0 aliphatic carbocycles. The fourth-order valence-corrected chi connectivity index (χ4v) is 4.52. The lowest BCUT2D eigenvalue weighted by Crippen LogP contribution is -2.34. The number of rotatable bonds is 6. The van der Waals surface area contributed by atoms with E-state index in [0.717, 1.165) is 10.6 Å². The van der Waals surface area contributed by atoms with Gasteiger partial charge in [0.15, 0.2) is 0 Å². The quantitative estimate of drug-likeness (QED) is 0.682. The van der Waals surface area contributed by atoms with Crippen LogP contribution in [0.5, 0.6) is 0 Å². The third-order valence-electron chi connectivity index (χ3n) is 4.04. The van der Waals surface area contributed by atoms with Crippen LogP contribution in [0.15, 0.2) is 41.8 Å². The minimum Gasteiger partial charge on any atom is -0.349 e. The maximum Gasteiger partial charge on any atom is 0.263 e. The van der Waals surface area contributed by atoms with E-state index in [4.69, 9.17) is 0 Å². The fraction of sp³-hybridized carbons (Fsp3) is 0.263. The van der Waals surface area contributed by atoms with E-state index in [2.05, 4.69) is 21.3 Å². The lowest BCUT2D eigenvalue weighted by Gasteiger charge is -2.23. The van der Waals surface area contributed by atoms with Gasteiger partial charge < -0.3 is 10.2 Å². The number of carbonyl (C=O) groups is 1. The minimum atomic E-state index is -0.289. The molecule has 0 spiro atoms. The smallest absolute Gasteiger partial charge is 0.263 e. The number of thiazole rings is 1. The molecular formula is C19H20FN3OS2. The van der Waals surface area contributed by atoms with E-state index in [1.165, 1.54) is 28.3 Å². The number of carbonyl (C=O) groups excluding carboxylic acids is 1. The summed E-state index contributed by atoms with van der Waals surface area (Å²) in [4.78, 5) is 21.0. The molecule has 136 valence electrons. The summed E-state index contributed by atoms with van der Waals surface area (Å²) >= 11 is 3.01. The van der Waals surface area contributed by atoms with E-state index in [-0.39, 0.29) is 17.8 Å². The number of thiophene rings is 1. The number of amides is 1. The largest absolute Gasteiger partial charge is 0.349 e. The van der Waals surface area contributed by atoms with E-state index in [1.807, 2.05) is 32.5 Å². The number of aromatic nitrogens is 1. The molecule has 3 rings (SSSR count). The summed E-state index contributed by atoms with van der Waals surface area (Å²) in [6.45, 7) is 2.34. The van der Waals surface area contributed by atoms with E-state index in [9.17, 15) is 9.18 Å². The van der Waals surface area contributed by atoms with Crippen LogP contribution in [-0.4, -0.2) is 36.4 Å². The lowest BCUT2D eigenvalue weighted by molar-refractivity contribution is 0.0945. The average molecular weight is 390 g/mol. The molecule has 1 N–H and O–H groups in total. The van der Waals surface area contributed by atoms with Crippen LogP contribution in [0.1, 0.15) is 26.3 Å². The number of nitrogens with one attached hydrogen (secondary N) is 1. The van der Waals surface area contributed by atoms with Gasteiger partial charge in [0.1, 0.15) is 15.7 Å². The lowest BCUT2D eigenvalue weighted by atomic mass is 10.2. The molecule has 3 aromatic rings. The summed E-state index contributed by atoms with van der Waals surface area (Å²) in [5.74, 6) is -0.417. The Hall–Kier alpha value is -2.09. The molecule has 4 nitrogen and oxygen atoms in total. The Labute approximate surface area is 160 Å². The number of benzene rings is 1. The van der Waals surface area contributed by atoms with Gasteiger partial charge in [0, 0.05) is 17.0 Å². The van der Waals surface area contributed by atoms with Gasteiger partial charge in [-0.3, -0.25) is 4.79 Å². The highest BCUT2D eigenvalue weighted by molar-refractivity contribution is 7.17. The third kappa shape index (κ3) is 4.17. The molecule has 0 saturated heterocycles. The normalized spacial score (nSPS) is 12.3. The Kier molecular flexibility index (Phi) is 5.80.